The first-order chi connectivity index (χ1) is 21.9. The van der Waals surface area contributed by atoms with Crippen molar-refractivity contribution in [3.8, 4) is 5.75 Å². The summed E-state index contributed by atoms with van der Waals surface area (Å²) < 4.78 is 16.6. The van der Waals surface area contributed by atoms with Gasteiger partial charge in [-0.25, -0.2) is 4.98 Å². The maximum absolute atomic E-state index is 14.4. The average Bonchev–Trinajstić information content (AvgIpc) is 3.69. The first kappa shape index (κ1) is 32.2. The molecule has 1 aromatic heterocycles. The van der Waals surface area contributed by atoms with Gasteiger partial charge >= 0.3 is 5.97 Å². The Hall–Kier alpha value is -5.20. The molecule has 1 fully saturated rings. The monoisotopic (exact) mass is 631 g/mol. The van der Waals surface area contributed by atoms with Gasteiger partial charge in [-0.15, -0.1) is 0 Å². The Balaban J connectivity index is 1.59. The summed E-state index contributed by atoms with van der Waals surface area (Å²) >= 11 is 0. The van der Waals surface area contributed by atoms with E-state index >= 15 is 0 Å². The van der Waals surface area contributed by atoms with E-state index in [1.54, 1.807) is 81.1 Å². The number of hydrogen-bond donors (Lipinski definition) is 2. The zero-order chi connectivity index (χ0) is 33.2. The van der Waals surface area contributed by atoms with Crippen molar-refractivity contribution >= 4 is 46.1 Å². The van der Waals surface area contributed by atoms with Gasteiger partial charge in [0.05, 0.1) is 19.1 Å². The third kappa shape index (κ3) is 6.58. The summed E-state index contributed by atoms with van der Waals surface area (Å²) in [5.41, 5.74) is 2.82. The van der Waals surface area contributed by atoms with Crippen LogP contribution in [0.1, 0.15) is 69.6 Å². The molecule has 0 radical (unpaired) electrons. The van der Waals surface area contributed by atoms with Crippen molar-refractivity contribution in [2.24, 2.45) is 0 Å². The Morgan fingerprint density at radius 3 is 2.50 bits per heavy atom. The van der Waals surface area contributed by atoms with Crippen LogP contribution in [-0.2, 0) is 23.9 Å². The van der Waals surface area contributed by atoms with Gasteiger partial charge in [-0.2, -0.15) is 0 Å². The second kappa shape index (κ2) is 13.0. The number of hydrazine groups is 1. The van der Waals surface area contributed by atoms with Gasteiger partial charge in [-0.1, -0.05) is 43.3 Å². The summed E-state index contributed by atoms with van der Waals surface area (Å²) in [6, 6.07) is 12.1. The predicted molar refractivity (Wildman–Crippen MR) is 166 cm³/mol. The highest BCUT2D eigenvalue weighted by Gasteiger charge is 2.46. The number of benzene rings is 2. The van der Waals surface area contributed by atoms with E-state index in [1.807, 2.05) is 0 Å². The van der Waals surface area contributed by atoms with Crippen LogP contribution in [0.4, 0.5) is 0 Å². The number of oxazole rings is 1. The van der Waals surface area contributed by atoms with Gasteiger partial charge in [0.25, 0.3) is 17.7 Å². The summed E-state index contributed by atoms with van der Waals surface area (Å²) in [6.07, 6.45) is 0.0945. The fourth-order valence-electron chi connectivity index (χ4n) is 5.53. The molecule has 3 heterocycles. The van der Waals surface area contributed by atoms with Crippen molar-refractivity contribution in [2.45, 2.75) is 71.2 Å². The van der Waals surface area contributed by atoms with Crippen molar-refractivity contribution in [2.75, 3.05) is 13.7 Å². The zero-order valence-corrected chi connectivity index (χ0v) is 26.4. The van der Waals surface area contributed by atoms with Crippen LogP contribution in [0.15, 0.2) is 58.6 Å². The van der Waals surface area contributed by atoms with Crippen LogP contribution in [0, 0.1) is 0 Å². The number of carbonyl (C=O) groups excluding carboxylic acids is 5. The van der Waals surface area contributed by atoms with E-state index in [4.69, 9.17) is 13.9 Å². The number of ketones is 1. The molecule has 2 N–H and O–H groups in total. The summed E-state index contributed by atoms with van der Waals surface area (Å²) in [6.45, 7) is 7.15. The third-order valence-corrected chi connectivity index (χ3v) is 7.54. The fourth-order valence-corrected chi connectivity index (χ4v) is 5.53. The van der Waals surface area contributed by atoms with Gasteiger partial charge in [0.1, 0.15) is 29.0 Å². The molecule has 0 spiro atoms. The molecule has 1 unspecified atom stereocenters. The predicted octanol–water partition coefficient (Wildman–Crippen LogP) is 3.35. The lowest BCUT2D eigenvalue weighted by Crippen LogP contribution is -2.61. The number of nitrogens with one attached hydrogen (secondary N) is 2. The van der Waals surface area contributed by atoms with Crippen LogP contribution in [-0.4, -0.2) is 75.8 Å². The highest BCUT2D eigenvalue weighted by Crippen LogP contribution is 2.36. The number of esters is 1. The highest BCUT2D eigenvalue weighted by molar-refractivity contribution is 6.26. The molecule has 46 heavy (non-hydrogen) atoms. The number of nitrogens with zero attached hydrogens (tertiary/aromatic N) is 3. The Labute approximate surface area is 265 Å². The molecule has 13 heteroatoms. The summed E-state index contributed by atoms with van der Waals surface area (Å²) in [5.74, 6) is -3.18. The second-order valence-corrected chi connectivity index (χ2v) is 12.0. The van der Waals surface area contributed by atoms with E-state index in [9.17, 15) is 24.0 Å². The molecule has 5 rings (SSSR count). The van der Waals surface area contributed by atoms with Crippen LogP contribution in [0.5, 0.6) is 5.75 Å². The number of para-hydroxylation sites is 1. The topological polar surface area (TPSA) is 160 Å². The molecule has 2 aliphatic rings. The van der Waals surface area contributed by atoms with Crippen molar-refractivity contribution in [3.05, 3.63) is 65.7 Å². The lowest BCUT2D eigenvalue weighted by molar-refractivity contribution is -0.155. The van der Waals surface area contributed by atoms with Crippen molar-refractivity contribution < 1.29 is 37.9 Å². The summed E-state index contributed by atoms with van der Waals surface area (Å²) in [5, 5.41) is 4.05. The molecule has 2 atom stereocenters. The molecular formula is C33H37N5O8. The van der Waals surface area contributed by atoms with Crippen LogP contribution >= 0.6 is 0 Å². The van der Waals surface area contributed by atoms with Crippen molar-refractivity contribution in [3.63, 3.8) is 0 Å². The minimum Gasteiger partial charge on any atom is -0.493 e. The number of amides is 3. The highest BCUT2D eigenvalue weighted by atomic mass is 16.6. The molecule has 0 aliphatic carbocycles. The van der Waals surface area contributed by atoms with Crippen LogP contribution < -0.4 is 15.5 Å². The molecular weight excluding hydrogens is 594 g/mol. The molecule has 1 saturated heterocycles. The van der Waals surface area contributed by atoms with E-state index in [2.05, 4.69) is 15.7 Å². The first-order valence-electron chi connectivity index (χ1n) is 15.1. The fraction of sp³-hybridized carbons (Fsp3) is 0.394. The standard InChI is InChI=1S/C33H37N5O8/c1-6-23(39)36-38-24-16-11-17-37(24)32(43)26(19-12-8-7-9-13-19)27(38)30(42)34-21(18-25(40)46-33(2,3)4)28(41)31-35-20-14-10-15-22(44-5)29(20)45-31/h7-10,12-15,21,24H,6,11,16-18H2,1-5H3,(H,34,42)(H,36,39)/t21-,24?/m0/s1. The maximum Gasteiger partial charge on any atom is 0.308 e. The Morgan fingerprint density at radius 2 is 1.83 bits per heavy atom. The molecule has 0 bridgehead atoms. The molecule has 242 valence electrons. The third-order valence-electron chi connectivity index (χ3n) is 7.54. The number of fused-ring (bicyclic) bond motifs is 2. The van der Waals surface area contributed by atoms with Gasteiger partial charge in [-0.05, 0) is 51.3 Å². The summed E-state index contributed by atoms with van der Waals surface area (Å²) in [4.78, 5) is 73.9. The Bertz CT molecular complexity index is 1710. The largest absolute Gasteiger partial charge is 0.493 e. The molecule has 2 aliphatic heterocycles. The normalized spacial score (nSPS) is 17.1. The molecule has 2 aromatic carbocycles. The zero-order valence-electron chi connectivity index (χ0n) is 26.4. The summed E-state index contributed by atoms with van der Waals surface area (Å²) in [7, 11) is 1.45. The number of ether oxygens (including phenoxy) is 2. The van der Waals surface area contributed by atoms with Crippen LogP contribution in [0.2, 0.25) is 0 Å². The molecule has 3 amide bonds. The first-order valence-corrected chi connectivity index (χ1v) is 15.1. The van der Waals surface area contributed by atoms with Crippen LogP contribution in [0.25, 0.3) is 16.7 Å². The average molecular weight is 632 g/mol. The Morgan fingerprint density at radius 1 is 1.09 bits per heavy atom. The van der Waals surface area contributed by atoms with E-state index < -0.39 is 41.9 Å². The van der Waals surface area contributed by atoms with Gasteiger partial charge in [0, 0.05) is 13.0 Å². The minimum atomic E-state index is -1.51. The quantitative estimate of drug-likeness (QED) is 0.251. The molecule has 3 aromatic rings. The number of carbonyl (C=O) groups is 5. The van der Waals surface area contributed by atoms with E-state index in [0.717, 1.165) is 0 Å². The van der Waals surface area contributed by atoms with Crippen molar-refractivity contribution in [1.29, 1.82) is 0 Å². The number of Topliss-reactive ketones (excluding diaryl/α,β-unsaturated/α-hetero) is 1. The smallest absolute Gasteiger partial charge is 0.308 e. The maximum atomic E-state index is 14.4. The number of rotatable bonds is 10. The van der Waals surface area contributed by atoms with E-state index in [0.29, 0.717) is 36.2 Å². The van der Waals surface area contributed by atoms with Crippen molar-refractivity contribution in [1.82, 2.24) is 25.6 Å². The number of methoxy groups -OCH3 is 1. The van der Waals surface area contributed by atoms with E-state index in [-0.39, 0.29) is 41.0 Å². The molecule has 0 saturated carbocycles. The number of aromatic nitrogens is 1. The van der Waals surface area contributed by atoms with Gasteiger partial charge in [0.15, 0.2) is 11.3 Å². The van der Waals surface area contributed by atoms with Crippen LogP contribution in [0.3, 0.4) is 0 Å². The van der Waals surface area contributed by atoms with E-state index in [1.165, 1.54) is 12.1 Å². The minimum absolute atomic E-state index is 0.0442. The lowest BCUT2D eigenvalue weighted by Gasteiger charge is -2.42. The molecule has 13 nitrogen and oxygen atoms in total. The second-order valence-electron chi connectivity index (χ2n) is 12.0. The Kier molecular flexibility index (Phi) is 9.12. The van der Waals surface area contributed by atoms with Gasteiger partial charge < -0.3 is 24.1 Å². The van der Waals surface area contributed by atoms with Gasteiger partial charge in [-0.3, -0.25) is 34.4 Å². The van der Waals surface area contributed by atoms with Gasteiger partial charge in [0.2, 0.25) is 11.7 Å². The number of hydrogen-bond acceptors (Lipinski definition) is 10. The SMILES string of the molecule is CCC(=O)NN1C(C(=O)N[C@@H](CC(=O)OC(C)(C)C)C(=O)c2nc3cccc(OC)c3o2)=C(c2ccccc2)C(=O)N2CCCC21. The lowest BCUT2D eigenvalue weighted by atomic mass is 9.98.